The van der Waals surface area contributed by atoms with Gasteiger partial charge in [-0.25, -0.2) is 9.07 Å². The summed E-state index contributed by atoms with van der Waals surface area (Å²) in [5, 5.41) is 7.21. The molecule has 0 aliphatic heterocycles. The standard InChI is InChI=1S/C21H29FN4O2/c1-5-25(6-2)19(27)8-7-13-23-21(28)18-14-24-26(20(18)15(3)4)17-11-9-16(22)10-12-17/h9-12,14-15H,5-8,13H2,1-4H3,(H,23,28). The van der Waals surface area contributed by atoms with E-state index in [2.05, 4.69) is 10.4 Å². The predicted octanol–water partition coefficient (Wildman–Crippen LogP) is 3.51. The lowest BCUT2D eigenvalue weighted by Gasteiger charge is -2.18. The summed E-state index contributed by atoms with van der Waals surface area (Å²) in [6.45, 7) is 9.69. The fourth-order valence-corrected chi connectivity index (χ4v) is 3.15. The van der Waals surface area contributed by atoms with E-state index in [1.54, 1.807) is 21.7 Å². The van der Waals surface area contributed by atoms with Gasteiger partial charge in [-0.15, -0.1) is 0 Å². The third kappa shape index (κ3) is 5.18. The van der Waals surface area contributed by atoms with E-state index in [9.17, 15) is 14.0 Å². The first-order chi connectivity index (χ1) is 13.4. The van der Waals surface area contributed by atoms with Gasteiger partial charge in [-0.3, -0.25) is 9.59 Å². The zero-order valence-electron chi connectivity index (χ0n) is 17.0. The zero-order chi connectivity index (χ0) is 20.7. The number of benzene rings is 1. The van der Waals surface area contributed by atoms with Gasteiger partial charge in [0.15, 0.2) is 0 Å². The number of hydrogen-bond acceptors (Lipinski definition) is 3. The van der Waals surface area contributed by atoms with E-state index in [1.807, 2.05) is 27.7 Å². The molecule has 0 saturated heterocycles. The molecule has 2 rings (SSSR count). The second-order valence-corrected chi connectivity index (χ2v) is 6.91. The van der Waals surface area contributed by atoms with Gasteiger partial charge < -0.3 is 10.2 Å². The molecule has 0 atom stereocenters. The third-order valence-corrected chi connectivity index (χ3v) is 4.64. The van der Waals surface area contributed by atoms with Crippen LogP contribution < -0.4 is 5.32 Å². The number of nitrogens with zero attached hydrogens (tertiary/aromatic N) is 3. The van der Waals surface area contributed by atoms with Crippen LogP contribution in [0.1, 0.15) is 62.5 Å². The van der Waals surface area contributed by atoms with Crippen LogP contribution in [0.4, 0.5) is 4.39 Å². The van der Waals surface area contributed by atoms with E-state index in [0.717, 1.165) is 5.69 Å². The summed E-state index contributed by atoms with van der Waals surface area (Å²) < 4.78 is 14.9. The smallest absolute Gasteiger partial charge is 0.254 e. The Bertz CT molecular complexity index is 795. The summed E-state index contributed by atoms with van der Waals surface area (Å²) in [5.74, 6) is -0.379. The quantitative estimate of drug-likeness (QED) is 0.669. The molecule has 0 spiro atoms. The number of halogens is 1. The molecule has 1 aromatic heterocycles. The largest absolute Gasteiger partial charge is 0.352 e. The molecule has 7 heteroatoms. The highest BCUT2D eigenvalue weighted by Gasteiger charge is 2.21. The second kappa shape index (κ2) is 10.0. The predicted molar refractivity (Wildman–Crippen MR) is 107 cm³/mol. The monoisotopic (exact) mass is 388 g/mol. The SMILES string of the molecule is CCN(CC)C(=O)CCCNC(=O)c1cnn(-c2ccc(F)cc2)c1C(C)C. The fourth-order valence-electron chi connectivity index (χ4n) is 3.15. The van der Waals surface area contributed by atoms with Gasteiger partial charge in [-0.05, 0) is 50.5 Å². The van der Waals surface area contributed by atoms with E-state index < -0.39 is 0 Å². The van der Waals surface area contributed by atoms with Gasteiger partial charge in [-0.2, -0.15) is 5.10 Å². The van der Waals surface area contributed by atoms with Crippen molar-refractivity contribution in [3.05, 3.63) is 47.5 Å². The van der Waals surface area contributed by atoms with Crippen molar-refractivity contribution in [2.75, 3.05) is 19.6 Å². The molecular weight excluding hydrogens is 359 g/mol. The normalized spacial score (nSPS) is 10.9. The molecule has 1 N–H and O–H groups in total. The highest BCUT2D eigenvalue weighted by Crippen LogP contribution is 2.23. The molecule has 0 aliphatic rings. The van der Waals surface area contributed by atoms with Gasteiger partial charge in [0.25, 0.3) is 5.91 Å². The Kier molecular flexibility index (Phi) is 7.72. The number of rotatable bonds is 9. The first-order valence-electron chi connectivity index (χ1n) is 9.78. The average Bonchev–Trinajstić information content (AvgIpc) is 3.12. The molecule has 0 radical (unpaired) electrons. The van der Waals surface area contributed by atoms with Crippen LogP contribution >= 0.6 is 0 Å². The van der Waals surface area contributed by atoms with Crippen molar-refractivity contribution in [2.45, 2.75) is 46.5 Å². The molecule has 0 aliphatic carbocycles. The van der Waals surface area contributed by atoms with Crippen molar-refractivity contribution in [1.29, 1.82) is 0 Å². The van der Waals surface area contributed by atoms with Crippen LogP contribution in [0, 0.1) is 5.82 Å². The van der Waals surface area contributed by atoms with Crippen LogP contribution in [0.25, 0.3) is 5.69 Å². The van der Waals surface area contributed by atoms with E-state index >= 15 is 0 Å². The summed E-state index contributed by atoms with van der Waals surface area (Å²) >= 11 is 0. The summed E-state index contributed by atoms with van der Waals surface area (Å²) in [5.41, 5.74) is 1.96. The first kappa shape index (κ1) is 21.6. The maximum atomic E-state index is 13.2. The minimum Gasteiger partial charge on any atom is -0.352 e. The van der Waals surface area contributed by atoms with Crippen LogP contribution in [-0.4, -0.2) is 46.1 Å². The average molecular weight is 388 g/mol. The molecule has 28 heavy (non-hydrogen) atoms. The number of amides is 2. The Morgan fingerprint density at radius 1 is 1.18 bits per heavy atom. The number of nitrogens with one attached hydrogen (secondary N) is 1. The van der Waals surface area contributed by atoms with E-state index in [-0.39, 0.29) is 23.5 Å². The summed E-state index contributed by atoms with van der Waals surface area (Å²) in [7, 11) is 0. The first-order valence-corrected chi connectivity index (χ1v) is 9.78. The van der Waals surface area contributed by atoms with Crippen LogP contribution in [0.15, 0.2) is 30.5 Å². The molecule has 2 aromatic rings. The van der Waals surface area contributed by atoms with Crippen molar-refractivity contribution >= 4 is 11.8 Å². The molecule has 1 heterocycles. The number of carbonyl (C=O) groups excluding carboxylic acids is 2. The molecular formula is C21H29FN4O2. The van der Waals surface area contributed by atoms with Crippen molar-refractivity contribution in [2.24, 2.45) is 0 Å². The van der Waals surface area contributed by atoms with Crippen LogP contribution in [0.3, 0.4) is 0 Å². The van der Waals surface area contributed by atoms with E-state index in [4.69, 9.17) is 0 Å². The lowest BCUT2D eigenvalue weighted by atomic mass is 10.0. The van der Waals surface area contributed by atoms with Crippen molar-refractivity contribution < 1.29 is 14.0 Å². The third-order valence-electron chi connectivity index (χ3n) is 4.64. The molecule has 0 saturated carbocycles. The highest BCUT2D eigenvalue weighted by atomic mass is 19.1. The molecule has 0 unspecified atom stereocenters. The Labute approximate surface area is 165 Å². The van der Waals surface area contributed by atoms with Crippen molar-refractivity contribution in [3.8, 4) is 5.69 Å². The van der Waals surface area contributed by atoms with Crippen molar-refractivity contribution in [3.63, 3.8) is 0 Å². The minimum absolute atomic E-state index is 0.0533. The lowest BCUT2D eigenvalue weighted by Crippen LogP contribution is -2.31. The molecule has 1 aromatic carbocycles. The highest BCUT2D eigenvalue weighted by molar-refractivity contribution is 5.95. The Morgan fingerprint density at radius 3 is 2.39 bits per heavy atom. The Morgan fingerprint density at radius 2 is 1.82 bits per heavy atom. The maximum Gasteiger partial charge on any atom is 0.254 e. The molecule has 152 valence electrons. The maximum absolute atomic E-state index is 13.2. The fraction of sp³-hybridized carbons (Fsp3) is 0.476. The van der Waals surface area contributed by atoms with Crippen LogP contribution in [0.5, 0.6) is 0 Å². The number of hydrogen-bond donors (Lipinski definition) is 1. The number of aromatic nitrogens is 2. The van der Waals surface area contributed by atoms with E-state index in [1.165, 1.54) is 18.3 Å². The van der Waals surface area contributed by atoms with Crippen LogP contribution in [-0.2, 0) is 4.79 Å². The van der Waals surface area contributed by atoms with Gasteiger partial charge in [-0.1, -0.05) is 13.8 Å². The molecule has 6 nitrogen and oxygen atoms in total. The Balaban J connectivity index is 2.03. The summed E-state index contributed by atoms with van der Waals surface area (Å²) in [4.78, 5) is 26.4. The van der Waals surface area contributed by atoms with Crippen LogP contribution in [0.2, 0.25) is 0 Å². The topological polar surface area (TPSA) is 67.2 Å². The molecule has 0 bridgehead atoms. The van der Waals surface area contributed by atoms with Gasteiger partial charge in [0, 0.05) is 26.1 Å². The summed E-state index contributed by atoms with van der Waals surface area (Å²) in [6, 6.07) is 6.00. The molecule has 2 amide bonds. The Hall–Kier alpha value is -2.70. The number of carbonyl (C=O) groups is 2. The van der Waals surface area contributed by atoms with E-state index in [0.29, 0.717) is 43.7 Å². The van der Waals surface area contributed by atoms with Gasteiger partial charge >= 0.3 is 0 Å². The van der Waals surface area contributed by atoms with Gasteiger partial charge in [0.1, 0.15) is 5.82 Å². The van der Waals surface area contributed by atoms with Gasteiger partial charge in [0.05, 0.1) is 23.1 Å². The summed E-state index contributed by atoms with van der Waals surface area (Å²) in [6.07, 6.45) is 2.53. The zero-order valence-corrected chi connectivity index (χ0v) is 17.0. The molecule has 0 fully saturated rings. The lowest BCUT2D eigenvalue weighted by molar-refractivity contribution is -0.130. The minimum atomic E-state index is -0.320. The van der Waals surface area contributed by atoms with Gasteiger partial charge in [0.2, 0.25) is 5.91 Å². The second-order valence-electron chi connectivity index (χ2n) is 6.91. The van der Waals surface area contributed by atoms with Crippen molar-refractivity contribution in [1.82, 2.24) is 20.0 Å².